The van der Waals surface area contributed by atoms with E-state index in [1.165, 1.54) is 22.7 Å². The van der Waals surface area contributed by atoms with Crippen molar-refractivity contribution in [2.75, 3.05) is 47.0 Å². The molecule has 1 saturated heterocycles. The SMILES string of the molecule is NC1CCCC1Nc1nc(N2CCN(c3ccccc3)CC2)nc2c1SCC2.O=S(=O)(O)C(F)(F)F.O=S(=O)(O)C(F)(F)F. The average molecular weight is 697 g/mol. The van der Waals surface area contributed by atoms with E-state index in [1.807, 2.05) is 11.8 Å². The number of aryl methyl sites for hydroxylation is 1. The first-order valence-corrected chi connectivity index (χ1v) is 16.8. The maximum absolute atomic E-state index is 10.7. The van der Waals surface area contributed by atoms with E-state index in [4.69, 9.17) is 41.6 Å². The number of hydrogen-bond donors (Lipinski definition) is 4. The van der Waals surface area contributed by atoms with Crippen LogP contribution in [0.3, 0.4) is 0 Å². The smallest absolute Gasteiger partial charge is 0.368 e. The molecule has 0 spiro atoms. The van der Waals surface area contributed by atoms with Crippen LogP contribution in [-0.4, -0.2) is 90.9 Å². The monoisotopic (exact) mass is 696 g/mol. The highest BCUT2D eigenvalue weighted by atomic mass is 32.2. The molecule has 5 rings (SSSR count). The fourth-order valence-electron chi connectivity index (χ4n) is 4.44. The maximum atomic E-state index is 10.7. The molecule has 3 heterocycles. The second-order valence-electron chi connectivity index (χ2n) is 9.74. The van der Waals surface area contributed by atoms with Gasteiger partial charge in [0, 0.05) is 56.1 Å². The van der Waals surface area contributed by atoms with Gasteiger partial charge in [0.25, 0.3) is 0 Å². The molecule has 1 aromatic carbocycles. The number of fused-ring (bicyclic) bond motifs is 1. The second-order valence-corrected chi connectivity index (χ2v) is 13.7. The molecule has 1 saturated carbocycles. The van der Waals surface area contributed by atoms with Crippen molar-refractivity contribution in [2.45, 2.75) is 53.7 Å². The minimum Gasteiger partial charge on any atom is -0.368 e. The number of alkyl halides is 6. The van der Waals surface area contributed by atoms with Gasteiger partial charge in [0.1, 0.15) is 5.82 Å². The van der Waals surface area contributed by atoms with Gasteiger partial charge in [0.05, 0.1) is 10.6 Å². The van der Waals surface area contributed by atoms with Crippen molar-refractivity contribution in [3.05, 3.63) is 36.0 Å². The van der Waals surface area contributed by atoms with E-state index in [-0.39, 0.29) is 6.04 Å². The van der Waals surface area contributed by atoms with Gasteiger partial charge in [-0.05, 0) is 31.4 Å². The lowest BCUT2D eigenvalue weighted by atomic mass is 10.2. The van der Waals surface area contributed by atoms with Gasteiger partial charge in [-0.3, -0.25) is 9.11 Å². The summed E-state index contributed by atoms with van der Waals surface area (Å²) in [6.07, 6.45) is 4.47. The van der Waals surface area contributed by atoms with E-state index < -0.39 is 31.3 Å². The number of nitrogens with two attached hydrogens (primary N) is 1. The molecule has 0 radical (unpaired) electrons. The number of piperazine rings is 1. The van der Waals surface area contributed by atoms with Crippen molar-refractivity contribution in [3.63, 3.8) is 0 Å². The third-order valence-corrected chi connectivity index (χ3v) is 8.97. The van der Waals surface area contributed by atoms with Crippen molar-refractivity contribution in [1.82, 2.24) is 9.97 Å². The molecule has 0 amide bonds. The molecule has 21 heteroatoms. The first-order chi connectivity index (χ1) is 20.3. The third-order valence-electron chi connectivity index (χ3n) is 6.67. The molecule has 2 aliphatic heterocycles. The number of halogens is 6. The number of nitrogens with zero attached hydrogens (tertiary/aromatic N) is 4. The Morgan fingerprint density at radius 3 is 1.86 bits per heavy atom. The Bertz CT molecular complexity index is 1430. The Kier molecular flexibility index (Phi) is 11.6. The van der Waals surface area contributed by atoms with E-state index in [0.717, 1.165) is 63.0 Å². The quantitative estimate of drug-likeness (QED) is 0.208. The number of hydrogen-bond acceptors (Lipinski definition) is 11. The predicted octanol–water partition coefficient (Wildman–Crippen LogP) is 3.53. The van der Waals surface area contributed by atoms with Crippen LogP contribution >= 0.6 is 11.8 Å². The lowest BCUT2D eigenvalue weighted by molar-refractivity contribution is -0.0514. The van der Waals surface area contributed by atoms with Crippen LogP contribution in [-0.2, 0) is 26.7 Å². The van der Waals surface area contributed by atoms with Gasteiger partial charge in [0.15, 0.2) is 0 Å². The summed E-state index contributed by atoms with van der Waals surface area (Å²) in [4.78, 5) is 15.9. The van der Waals surface area contributed by atoms with Gasteiger partial charge < -0.3 is 20.9 Å². The van der Waals surface area contributed by atoms with Gasteiger partial charge in [-0.25, -0.2) is 4.98 Å². The molecule has 2 aromatic rings. The molecule has 1 aliphatic carbocycles. The summed E-state index contributed by atoms with van der Waals surface area (Å²) < 4.78 is 115. The molecular formula is C23H30F6N6O6S3. The zero-order valence-electron chi connectivity index (χ0n) is 22.8. The zero-order valence-corrected chi connectivity index (χ0v) is 25.2. The van der Waals surface area contributed by atoms with Gasteiger partial charge in [-0.1, -0.05) is 18.2 Å². The van der Waals surface area contributed by atoms with Gasteiger partial charge >= 0.3 is 31.3 Å². The second kappa shape index (κ2) is 14.2. The highest BCUT2D eigenvalue weighted by Gasteiger charge is 2.45. The molecule has 2 unspecified atom stereocenters. The third kappa shape index (κ3) is 9.70. The normalized spacial score (nSPS) is 20.7. The van der Waals surface area contributed by atoms with Gasteiger partial charge in [-0.2, -0.15) is 48.2 Å². The molecule has 12 nitrogen and oxygen atoms in total. The Labute approximate surface area is 253 Å². The van der Waals surface area contributed by atoms with E-state index in [0.29, 0.717) is 6.04 Å². The molecule has 2 fully saturated rings. The Balaban J connectivity index is 0.000000275. The van der Waals surface area contributed by atoms with Crippen LogP contribution in [0.5, 0.6) is 0 Å². The van der Waals surface area contributed by atoms with Crippen molar-refractivity contribution in [3.8, 4) is 0 Å². The molecule has 5 N–H and O–H groups in total. The predicted molar refractivity (Wildman–Crippen MR) is 152 cm³/mol. The average Bonchev–Trinajstić information content (AvgIpc) is 3.57. The van der Waals surface area contributed by atoms with Crippen molar-refractivity contribution >= 4 is 49.5 Å². The van der Waals surface area contributed by atoms with Gasteiger partial charge in [0.2, 0.25) is 5.95 Å². The lowest BCUT2D eigenvalue weighted by Crippen LogP contribution is -2.47. The number of para-hydroxylation sites is 1. The fourth-order valence-corrected chi connectivity index (χ4v) is 5.50. The highest BCUT2D eigenvalue weighted by Crippen LogP contribution is 2.38. The van der Waals surface area contributed by atoms with Crippen LogP contribution < -0.4 is 20.9 Å². The Hall–Kier alpha value is -2.59. The van der Waals surface area contributed by atoms with E-state index in [9.17, 15) is 26.3 Å². The summed E-state index contributed by atoms with van der Waals surface area (Å²) in [6, 6.07) is 11.2. The number of thioether (sulfide) groups is 1. The summed E-state index contributed by atoms with van der Waals surface area (Å²) in [5.41, 5.74) is -2.27. The summed E-state index contributed by atoms with van der Waals surface area (Å²) in [7, 11) is -11.7. The van der Waals surface area contributed by atoms with Crippen molar-refractivity contribution < 1.29 is 52.3 Å². The highest BCUT2D eigenvalue weighted by molar-refractivity contribution is 7.99. The van der Waals surface area contributed by atoms with E-state index >= 15 is 0 Å². The molecule has 44 heavy (non-hydrogen) atoms. The molecule has 248 valence electrons. The maximum Gasteiger partial charge on any atom is 0.522 e. The molecule has 3 aliphatic rings. The summed E-state index contributed by atoms with van der Waals surface area (Å²) in [5, 5.41) is 3.67. The topological polar surface area (TPSA) is 179 Å². The molecule has 0 bridgehead atoms. The summed E-state index contributed by atoms with van der Waals surface area (Å²) in [5.74, 6) is 2.99. The Morgan fingerprint density at radius 1 is 0.864 bits per heavy atom. The van der Waals surface area contributed by atoms with Crippen LogP contribution in [0.4, 0.5) is 43.8 Å². The minimum absolute atomic E-state index is 0.231. The lowest BCUT2D eigenvalue weighted by Gasteiger charge is -2.36. The summed E-state index contributed by atoms with van der Waals surface area (Å²) >= 11 is 1.88. The number of anilines is 3. The molecule has 2 atom stereocenters. The first kappa shape index (κ1) is 35.9. The molecular weight excluding hydrogens is 666 g/mol. The van der Waals surface area contributed by atoms with Crippen molar-refractivity contribution in [2.24, 2.45) is 5.73 Å². The number of aromatic nitrogens is 2. The minimum atomic E-state index is -5.84. The first-order valence-electron chi connectivity index (χ1n) is 13.0. The van der Waals surface area contributed by atoms with Gasteiger partial charge in [-0.15, -0.1) is 11.8 Å². The number of benzene rings is 1. The van der Waals surface area contributed by atoms with Crippen LogP contribution in [0.15, 0.2) is 35.2 Å². The number of rotatable bonds is 4. The fraction of sp³-hybridized carbons (Fsp3) is 0.565. The number of nitrogens with one attached hydrogen (secondary N) is 1. The van der Waals surface area contributed by atoms with Crippen LogP contribution in [0.1, 0.15) is 25.0 Å². The zero-order chi connectivity index (χ0) is 32.9. The van der Waals surface area contributed by atoms with Crippen LogP contribution in [0.25, 0.3) is 0 Å². The van der Waals surface area contributed by atoms with E-state index in [1.54, 1.807) is 0 Å². The van der Waals surface area contributed by atoms with Crippen LogP contribution in [0, 0.1) is 0 Å². The van der Waals surface area contributed by atoms with Crippen LogP contribution in [0.2, 0.25) is 0 Å². The Morgan fingerprint density at radius 2 is 1.39 bits per heavy atom. The summed E-state index contributed by atoms with van der Waals surface area (Å²) in [6.45, 7) is 3.89. The molecule has 1 aromatic heterocycles. The standard InChI is InChI=1S/C21H28N6S.2CHF3O3S/c22-16-7-4-8-17(16)23-20-19-18(9-14-28-19)24-21(25-20)27-12-10-26(11-13-27)15-5-2-1-3-6-15;2*2-1(3,4)8(5,6)7/h1-3,5-6,16-17H,4,7-14,22H2,(H,23,24,25);2*(H,5,6,7). The largest absolute Gasteiger partial charge is 0.522 e. The van der Waals surface area contributed by atoms with E-state index in [2.05, 4.69) is 45.4 Å². The van der Waals surface area contributed by atoms with Crippen molar-refractivity contribution in [1.29, 1.82) is 0 Å².